The molecule has 0 spiro atoms. The van der Waals surface area contributed by atoms with E-state index in [0.29, 0.717) is 49.7 Å². The van der Waals surface area contributed by atoms with E-state index < -0.39 is 35.9 Å². The van der Waals surface area contributed by atoms with Crippen molar-refractivity contribution in [3.05, 3.63) is 59.7 Å². The number of carbonyl (C=O) groups excluding carboxylic acids is 3. The van der Waals surface area contributed by atoms with Crippen LogP contribution in [0.4, 0.5) is 10.1 Å². The Morgan fingerprint density at radius 1 is 1.00 bits per heavy atom. The molecular formula is C33H48Cl3FN6O4. The Bertz CT molecular complexity index is 1420. The number of nitrogens with two attached hydrogens (primary N) is 1. The van der Waals surface area contributed by atoms with E-state index in [9.17, 15) is 18.8 Å². The normalized spacial score (nSPS) is 12.7. The van der Waals surface area contributed by atoms with Crippen LogP contribution in [0.3, 0.4) is 0 Å². The lowest BCUT2D eigenvalue weighted by molar-refractivity contribution is -0.147. The molecule has 1 aromatic heterocycles. The lowest BCUT2D eigenvalue weighted by Crippen LogP contribution is -2.55. The van der Waals surface area contributed by atoms with Gasteiger partial charge in [-0.3, -0.25) is 9.59 Å². The Morgan fingerprint density at radius 2 is 1.64 bits per heavy atom. The van der Waals surface area contributed by atoms with Gasteiger partial charge in [-0.2, -0.15) is 0 Å². The topological polar surface area (TPSA) is 132 Å². The first-order chi connectivity index (χ1) is 21.6. The molecule has 2 amide bonds. The van der Waals surface area contributed by atoms with Crippen molar-refractivity contribution in [3.8, 4) is 0 Å². The summed E-state index contributed by atoms with van der Waals surface area (Å²) in [5.41, 5.74) is 9.47. The molecule has 0 aliphatic rings. The lowest BCUT2D eigenvalue weighted by atomic mass is 10.0. The largest absolute Gasteiger partial charge is 0.464 e. The molecule has 0 saturated heterocycles. The first-order valence-electron chi connectivity index (χ1n) is 15.2. The van der Waals surface area contributed by atoms with Gasteiger partial charge in [-0.15, -0.1) is 35.6 Å². The molecule has 262 valence electrons. The third kappa shape index (κ3) is 12.1. The first-order valence-corrected chi connectivity index (χ1v) is 16.3. The molecule has 3 atom stereocenters. The second-order valence-corrected chi connectivity index (χ2v) is 11.5. The standard InChI is InChI=1S/C32H43Cl2FN6O4.CH4.ClH/c1-4-6-25(38-30(42)24(36)19-21-7-9-22(35)10-8-21)31(43)39-26(32(44)45-5-2)12-14-29-37-27-20-23(11-13-28(27)40(29)3)41(17-15-33)18-16-34;;/h7-11,13,20,24-26H,4-6,12,14-19,36H2,1-3H3,(H,38,42)(H,39,43);1H4;1H/t24-,25+,26-;;/m0../s1. The summed E-state index contributed by atoms with van der Waals surface area (Å²) in [6.07, 6.45) is 1.73. The number of hydrogen-bond acceptors (Lipinski definition) is 7. The molecule has 2 aromatic carbocycles. The van der Waals surface area contributed by atoms with Gasteiger partial charge in [0, 0.05) is 44.0 Å². The minimum absolute atomic E-state index is 0. The van der Waals surface area contributed by atoms with E-state index in [1.807, 2.05) is 36.7 Å². The van der Waals surface area contributed by atoms with Crippen molar-refractivity contribution in [2.24, 2.45) is 12.8 Å². The summed E-state index contributed by atoms with van der Waals surface area (Å²) in [7, 11) is 1.90. The summed E-state index contributed by atoms with van der Waals surface area (Å²) < 4.78 is 20.5. The second-order valence-electron chi connectivity index (χ2n) is 10.8. The molecule has 0 radical (unpaired) electrons. The Morgan fingerprint density at radius 3 is 2.23 bits per heavy atom. The number of imidazole rings is 1. The van der Waals surface area contributed by atoms with Gasteiger partial charge in [0.2, 0.25) is 11.8 Å². The number of aromatic nitrogens is 2. The number of anilines is 1. The Hall–Kier alpha value is -3.12. The molecule has 3 aromatic rings. The monoisotopic (exact) mass is 716 g/mol. The zero-order valence-corrected chi connectivity index (χ0v) is 28.8. The van der Waals surface area contributed by atoms with Crippen LogP contribution in [0.25, 0.3) is 11.0 Å². The predicted molar refractivity (Wildman–Crippen MR) is 190 cm³/mol. The van der Waals surface area contributed by atoms with Gasteiger partial charge < -0.3 is 30.6 Å². The number of carbonyl (C=O) groups is 3. The number of aryl methyl sites for hydroxylation is 2. The Labute approximate surface area is 293 Å². The van der Waals surface area contributed by atoms with E-state index in [-0.39, 0.29) is 45.1 Å². The number of nitrogens with zero attached hydrogens (tertiary/aromatic N) is 3. The van der Waals surface area contributed by atoms with E-state index in [0.717, 1.165) is 22.5 Å². The van der Waals surface area contributed by atoms with Gasteiger partial charge in [-0.05, 0) is 62.1 Å². The molecule has 0 saturated carbocycles. The molecule has 3 rings (SSSR count). The molecule has 10 nitrogen and oxygen atoms in total. The van der Waals surface area contributed by atoms with Gasteiger partial charge >= 0.3 is 5.97 Å². The fourth-order valence-corrected chi connectivity index (χ4v) is 5.48. The smallest absolute Gasteiger partial charge is 0.328 e. The predicted octanol–water partition coefficient (Wildman–Crippen LogP) is 4.89. The van der Waals surface area contributed by atoms with E-state index >= 15 is 0 Å². The number of nitrogens with one attached hydrogen (secondary N) is 2. The van der Waals surface area contributed by atoms with Gasteiger partial charge in [0.15, 0.2) is 0 Å². The third-order valence-electron chi connectivity index (χ3n) is 7.49. The molecule has 0 fully saturated rings. The minimum atomic E-state index is -0.958. The van der Waals surface area contributed by atoms with E-state index in [1.165, 1.54) is 12.1 Å². The van der Waals surface area contributed by atoms with Crippen LogP contribution < -0.4 is 21.3 Å². The third-order valence-corrected chi connectivity index (χ3v) is 7.83. The zero-order chi connectivity index (χ0) is 32.9. The van der Waals surface area contributed by atoms with Gasteiger partial charge in [0.1, 0.15) is 23.7 Å². The number of hydrogen-bond donors (Lipinski definition) is 3. The SMILES string of the molecule is C.CCC[C@@H](NC(=O)[C@@H](N)Cc1ccc(F)cc1)C(=O)N[C@@H](CCc1nc2cc(N(CCCl)CCCl)ccc2n1C)C(=O)OCC.Cl. The number of alkyl halides is 2. The number of benzene rings is 2. The summed E-state index contributed by atoms with van der Waals surface area (Å²) >= 11 is 12.0. The maximum absolute atomic E-state index is 13.4. The molecule has 0 aliphatic heterocycles. The molecule has 0 aliphatic carbocycles. The molecule has 47 heavy (non-hydrogen) atoms. The van der Waals surface area contributed by atoms with Crippen molar-refractivity contribution in [2.45, 2.75) is 71.5 Å². The fraction of sp³-hybridized carbons (Fsp3) is 0.515. The van der Waals surface area contributed by atoms with E-state index in [4.69, 9.17) is 38.7 Å². The molecule has 4 N–H and O–H groups in total. The van der Waals surface area contributed by atoms with Gasteiger partial charge in [0.25, 0.3) is 0 Å². The van der Waals surface area contributed by atoms with E-state index in [2.05, 4.69) is 15.5 Å². The van der Waals surface area contributed by atoms with Crippen LogP contribution >= 0.6 is 35.6 Å². The number of ether oxygens (including phenoxy) is 1. The number of rotatable bonds is 18. The summed E-state index contributed by atoms with van der Waals surface area (Å²) in [5.74, 6) is -0.313. The lowest BCUT2D eigenvalue weighted by Gasteiger charge is -2.23. The van der Waals surface area contributed by atoms with Crippen molar-refractivity contribution in [1.29, 1.82) is 0 Å². The van der Waals surface area contributed by atoms with Crippen molar-refractivity contribution >= 4 is 70.1 Å². The van der Waals surface area contributed by atoms with Crippen molar-refractivity contribution in [1.82, 2.24) is 20.2 Å². The summed E-state index contributed by atoms with van der Waals surface area (Å²) in [6, 6.07) is 8.88. The number of amides is 2. The van der Waals surface area contributed by atoms with Crippen LogP contribution in [0.2, 0.25) is 0 Å². The van der Waals surface area contributed by atoms with Crippen molar-refractivity contribution in [3.63, 3.8) is 0 Å². The first kappa shape index (κ1) is 41.9. The maximum atomic E-state index is 13.4. The highest BCUT2D eigenvalue weighted by Gasteiger charge is 2.29. The zero-order valence-electron chi connectivity index (χ0n) is 26.4. The van der Waals surface area contributed by atoms with Gasteiger partial charge in [-0.25, -0.2) is 14.2 Å². The highest BCUT2D eigenvalue weighted by molar-refractivity contribution is 6.18. The average molecular weight is 718 g/mol. The highest BCUT2D eigenvalue weighted by atomic mass is 35.5. The van der Waals surface area contributed by atoms with E-state index in [1.54, 1.807) is 19.1 Å². The molecule has 0 unspecified atom stereocenters. The number of esters is 1. The summed E-state index contributed by atoms with van der Waals surface area (Å²) in [6.45, 7) is 5.03. The van der Waals surface area contributed by atoms with Crippen molar-refractivity contribution in [2.75, 3.05) is 36.4 Å². The quantitative estimate of drug-likeness (QED) is 0.126. The molecule has 0 bridgehead atoms. The van der Waals surface area contributed by atoms with Crippen LogP contribution in [-0.4, -0.2) is 76.9 Å². The second kappa shape index (κ2) is 21.0. The fourth-order valence-electron chi connectivity index (χ4n) is 5.07. The van der Waals surface area contributed by atoms with Crippen LogP contribution in [0, 0.1) is 5.82 Å². The highest BCUT2D eigenvalue weighted by Crippen LogP contribution is 2.23. The van der Waals surface area contributed by atoms with Crippen molar-refractivity contribution < 1.29 is 23.5 Å². The maximum Gasteiger partial charge on any atom is 0.328 e. The van der Waals surface area contributed by atoms with Gasteiger partial charge in [-0.1, -0.05) is 32.9 Å². The average Bonchev–Trinajstić information content (AvgIpc) is 3.34. The van der Waals surface area contributed by atoms with Crippen LogP contribution in [0.1, 0.15) is 51.9 Å². The molecular weight excluding hydrogens is 670 g/mol. The Kier molecular flexibility index (Phi) is 18.7. The molecule has 14 heteroatoms. The Balaban J connectivity index is 0.00000552. The summed E-state index contributed by atoms with van der Waals surface area (Å²) in [5, 5.41) is 5.50. The molecule has 1 heterocycles. The van der Waals surface area contributed by atoms with Gasteiger partial charge in [0.05, 0.1) is 23.7 Å². The van der Waals surface area contributed by atoms with Crippen LogP contribution in [0.5, 0.6) is 0 Å². The van der Waals surface area contributed by atoms with Crippen LogP contribution in [0.15, 0.2) is 42.5 Å². The number of halogens is 4. The van der Waals surface area contributed by atoms with Crippen LogP contribution in [-0.2, 0) is 39.0 Å². The summed E-state index contributed by atoms with van der Waals surface area (Å²) in [4.78, 5) is 46.1. The minimum Gasteiger partial charge on any atom is -0.464 e. The number of fused-ring (bicyclic) bond motifs is 1.